The Labute approximate surface area is 292 Å². The van der Waals surface area contributed by atoms with Crippen molar-refractivity contribution in [1.29, 1.82) is 0 Å². The van der Waals surface area contributed by atoms with Crippen LogP contribution in [0, 0.1) is 6.92 Å². The molecule has 0 atom stereocenters. The van der Waals surface area contributed by atoms with Crippen molar-refractivity contribution in [3.63, 3.8) is 0 Å². The van der Waals surface area contributed by atoms with Gasteiger partial charge in [-0.1, -0.05) is 189 Å². The molecule has 0 saturated carbocycles. The average molecular weight is 641 g/mol. The highest BCUT2D eigenvalue weighted by Gasteiger charge is 2.43. The van der Waals surface area contributed by atoms with E-state index in [-0.39, 0.29) is 5.41 Å². The second-order valence-electron chi connectivity index (χ2n) is 13.2. The second-order valence-corrected chi connectivity index (χ2v) is 13.2. The van der Waals surface area contributed by atoms with Crippen molar-refractivity contribution in [2.24, 2.45) is 0 Å². The van der Waals surface area contributed by atoms with E-state index in [0.717, 1.165) is 12.2 Å². The molecule has 1 aliphatic carbocycles. The van der Waals surface area contributed by atoms with Crippen molar-refractivity contribution in [2.75, 3.05) is 0 Å². The maximum absolute atomic E-state index is 6.40. The lowest BCUT2D eigenvalue weighted by atomic mass is 9.69. The molecule has 0 radical (unpaired) electrons. The van der Waals surface area contributed by atoms with Gasteiger partial charge in [-0.2, -0.15) is 0 Å². The molecular weight excluding hydrogens is 581 g/mol. The number of rotatable bonds is 14. The van der Waals surface area contributed by atoms with Crippen LogP contribution >= 0.6 is 0 Å². The largest absolute Gasteiger partial charge is 0.489 e. The summed E-state index contributed by atoms with van der Waals surface area (Å²) >= 11 is 0. The van der Waals surface area contributed by atoms with Crippen molar-refractivity contribution >= 4 is 10.8 Å². The fraction of sp³-hybridized carbons (Fsp3) is 0.404. The molecule has 254 valence electrons. The zero-order valence-corrected chi connectivity index (χ0v) is 30.8. The van der Waals surface area contributed by atoms with Crippen LogP contribution in [0.15, 0.2) is 109 Å². The predicted molar refractivity (Wildman–Crippen MR) is 210 cm³/mol. The number of ether oxygens (including phenoxy) is 1. The summed E-state index contributed by atoms with van der Waals surface area (Å²) in [7, 11) is 0. The summed E-state index contributed by atoms with van der Waals surface area (Å²) in [5, 5.41) is 2.82. The van der Waals surface area contributed by atoms with E-state index in [1.54, 1.807) is 5.56 Å². The van der Waals surface area contributed by atoms with E-state index in [2.05, 4.69) is 131 Å². The van der Waals surface area contributed by atoms with Gasteiger partial charge < -0.3 is 4.74 Å². The van der Waals surface area contributed by atoms with Crippen LogP contribution in [0.3, 0.4) is 0 Å². The van der Waals surface area contributed by atoms with Crippen LogP contribution in [0.25, 0.3) is 21.9 Å². The van der Waals surface area contributed by atoms with Gasteiger partial charge in [0, 0.05) is 5.41 Å². The van der Waals surface area contributed by atoms with Gasteiger partial charge in [0.2, 0.25) is 0 Å². The summed E-state index contributed by atoms with van der Waals surface area (Å²) in [5.41, 5.74) is 9.94. The zero-order chi connectivity index (χ0) is 34.2. The Balaban J connectivity index is 0.000000451. The molecule has 0 bridgehead atoms. The average Bonchev–Trinajstić information content (AvgIpc) is 3.42. The minimum Gasteiger partial charge on any atom is -0.489 e. The summed E-state index contributed by atoms with van der Waals surface area (Å²) in [6.45, 7) is 13.6. The monoisotopic (exact) mass is 640 g/mol. The van der Waals surface area contributed by atoms with Crippen LogP contribution in [-0.4, -0.2) is 0 Å². The molecule has 0 N–H and O–H groups in total. The Morgan fingerprint density at radius 1 is 0.562 bits per heavy atom. The quantitative estimate of drug-likeness (QED) is 0.110. The third-order valence-corrected chi connectivity index (χ3v) is 9.86. The van der Waals surface area contributed by atoms with E-state index in [9.17, 15) is 0 Å². The molecular formula is C47H60O. The van der Waals surface area contributed by atoms with Crippen LogP contribution < -0.4 is 4.74 Å². The second kappa shape index (κ2) is 19.2. The molecule has 5 aromatic carbocycles. The van der Waals surface area contributed by atoms with Gasteiger partial charge in [-0.25, -0.2) is 0 Å². The van der Waals surface area contributed by atoms with Gasteiger partial charge in [-0.05, 0) is 82.5 Å². The van der Waals surface area contributed by atoms with Gasteiger partial charge >= 0.3 is 0 Å². The van der Waals surface area contributed by atoms with Gasteiger partial charge in [-0.3, -0.25) is 0 Å². The Morgan fingerprint density at radius 3 is 1.75 bits per heavy atom. The molecule has 1 heteroatoms. The van der Waals surface area contributed by atoms with Crippen molar-refractivity contribution in [3.8, 4) is 16.9 Å². The molecule has 0 saturated heterocycles. The number of aryl methyl sites for hydroxylation is 2. The van der Waals surface area contributed by atoms with Gasteiger partial charge in [0.05, 0.1) is 0 Å². The maximum atomic E-state index is 6.40. The molecule has 1 aliphatic rings. The lowest BCUT2D eigenvalue weighted by Crippen LogP contribution is -2.26. The van der Waals surface area contributed by atoms with Gasteiger partial charge in [0.15, 0.2) is 0 Å². The molecule has 6 rings (SSSR count). The fourth-order valence-corrected chi connectivity index (χ4v) is 7.37. The molecule has 0 fully saturated rings. The number of benzene rings is 5. The smallest absolute Gasteiger partial charge is 0.120 e. The zero-order valence-electron chi connectivity index (χ0n) is 30.8. The van der Waals surface area contributed by atoms with E-state index in [1.165, 1.54) is 108 Å². The van der Waals surface area contributed by atoms with Crippen LogP contribution in [0.4, 0.5) is 0 Å². The minimum absolute atomic E-state index is 0.0486. The molecule has 1 nitrogen and oxygen atoms in total. The Bertz CT molecular complexity index is 1640. The highest BCUT2D eigenvalue weighted by molar-refractivity contribution is 5.98. The number of unbranched alkanes of at least 4 members (excludes halogenated alkanes) is 6. The maximum Gasteiger partial charge on any atom is 0.120 e. The van der Waals surface area contributed by atoms with Crippen LogP contribution in [-0.2, 0) is 18.4 Å². The summed E-state index contributed by atoms with van der Waals surface area (Å²) in [6, 6.07) is 39.7. The van der Waals surface area contributed by atoms with E-state index in [4.69, 9.17) is 4.74 Å². The van der Waals surface area contributed by atoms with E-state index >= 15 is 0 Å². The Morgan fingerprint density at radius 2 is 1.17 bits per heavy atom. The third-order valence-electron chi connectivity index (χ3n) is 9.86. The number of hydrogen-bond acceptors (Lipinski definition) is 1. The molecule has 0 unspecified atom stereocenters. The summed E-state index contributed by atoms with van der Waals surface area (Å²) in [4.78, 5) is 0. The van der Waals surface area contributed by atoms with Crippen LogP contribution in [0.2, 0.25) is 0 Å². The van der Waals surface area contributed by atoms with E-state index in [1.807, 2.05) is 19.9 Å². The molecule has 0 heterocycles. The van der Waals surface area contributed by atoms with Crippen molar-refractivity contribution in [3.05, 3.63) is 137 Å². The molecule has 5 aromatic rings. The molecule has 0 aliphatic heterocycles. The first-order chi connectivity index (χ1) is 23.6. The number of fused-ring (bicyclic) bond motifs is 5. The summed E-state index contributed by atoms with van der Waals surface area (Å²) < 4.78 is 6.40. The molecule has 0 aromatic heterocycles. The summed E-state index contributed by atoms with van der Waals surface area (Å²) in [5.74, 6) is 0.993. The SMILES string of the molecule is CC.CCCCCCC1(CCCCCC)c2cc(OCc3ccccc3)ccc2-c2ccc3cc(C)ccc3c21.CCc1ccccc1. The molecule has 0 amide bonds. The van der Waals surface area contributed by atoms with Gasteiger partial charge in [-0.15, -0.1) is 0 Å². The first-order valence-corrected chi connectivity index (χ1v) is 19.0. The van der Waals surface area contributed by atoms with Crippen LogP contribution in [0.5, 0.6) is 5.75 Å². The molecule has 48 heavy (non-hydrogen) atoms. The van der Waals surface area contributed by atoms with E-state index < -0.39 is 0 Å². The van der Waals surface area contributed by atoms with Crippen molar-refractivity contribution in [1.82, 2.24) is 0 Å². The van der Waals surface area contributed by atoms with Gasteiger partial charge in [0.1, 0.15) is 12.4 Å². The Hall–Kier alpha value is -3.84. The molecule has 0 spiro atoms. The van der Waals surface area contributed by atoms with E-state index in [0.29, 0.717) is 6.61 Å². The Kier molecular flexibility index (Phi) is 14.8. The topological polar surface area (TPSA) is 9.23 Å². The highest BCUT2D eigenvalue weighted by atomic mass is 16.5. The third kappa shape index (κ3) is 9.19. The highest BCUT2D eigenvalue weighted by Crippen LogP contribution is 2.57. The fourth-order valence-electron chi connectivity index (χ4n) is 7.37. The van der Waals surface area contributed by atoms with Crippen LogP contribution in [0.1, 0.15) is 127 Å². The lowest BCUT2D eigenvalue weighted by molar-refractivity contribution is 0.304. The van der Waals surface area contributed by atoms with Crippen molar-refractivity contribution in [2.45, 2.75) is 124 Å². The summed E-state index contributed by atoms with van der Waals surface area (Å²) in [6.07, 6.45) is 13.9. The first-order valence-electron chi connectivity index (χ1n) is 19.0. The standard InChI is InChI=1S/C37H44O.C8H10.C2H6/c1-4-6-8-13-23-37(24-14-9-7-5-2)35-26-31(38-27-29-15-11-10-12-16-29)19-22-33(35)34-21-18-30-25-28(3)17-20-32(30)36(34)37;1-2-8-6-4-3-5-7-8;1-2/h10-12,15-22,25-26H,4-9,13-14,23-24,27H2,1-3H3;3-7H,2H2,1H3;1-2H3. The lowest BCUT2D eigenvalue weighted by Gasteiger charge is -2.34. The predicted octanol–water partition coefficient (Wildman–Crippen LogP) is 14.2. The number of hydrogen-bond donors (Lipinski definition) is 0. The minimum atomic E-state index is 0.0486. The first kappa shape index (κ1) is 37.0. The normalized spacial score (nSPS) is 12.3. The van der Waals surface area contributed by atoms with Gasteiger partial charge in [0.25, 0.3) is 0 Å². The van der Waals surface area contributed by atoms with Crippen molar-refractivity contribution < 1.29 is 4.74 Å².